The van der Waals surface area contributed by atoms with Gasteiger partial charge in [-0.25, -0.2) is 4.98 Å². The van der Waals surface area contributed by atoms with Crippen molar-refractivity contribution in [2.24, 2.45) is 0 Å². The Morgan fingerprint density at radius 3 is 2.76 bits per heavy atom. The number of hydrogen-bond acceptors (Lipinski definition) is 5. The maximum Gasteiger partial charge on any atom is 0.258 e. The van der Waals surface area contributed by atoms with Gasteiger partial charge in [-0.2, -0.15) is 0 Å². The number of hydrogen-bond donors (Lipinski definition) is 2. The fourth-order valence-electron chi connectivity index (χ4n) is 1.84. The minimum absolute atomic E-state index is 0.256. The number of aromatic nitrogens is 2. The molecule has 2 N–H and O–H groups in total. The first-order valence-electron chi connectivity index (χ1n) is 7.13. The standard InChI is InChI=1S/C15H20N4O2/c1-3-4-5-8-16-13-7-6-12(10-17-13)15(20)18-14-9-11(2)21-19-14/h6-7,9-10H,3-5,8H2,1-2H3,(H,16,17)(H,18,19,20). The molecule has 0 saturated carbocycles. The number of carbonyl (C=O) groups is 1. The van der Waals surface area contributed by atoms with Crippen LogP contribution >= 0.6 is 0 Å². The maximum absolute atomic E-state index is 12.0. The van der Waals surface area contributed by atoms with Gasteiger partial charge in [-0.05, 0) is 25.5 Å². The zero-order valence-corrected chi connectivity index (χ0v) is 12.3. The maximum atomic E-state index is 12.0. The van der Waals surface area contributed by atoms with Gasteiger partial charge >= 0.3 is 0 Å². The van der Waals surface area contributed by atoms with E-state index in [0.29, 0.717) is 17.1 Å². The summed E-state index contributed by atoms with van der Waals surface area (Å²) in [6.45, 7) is 4.83. The molecule has 0 aliphatic carbocycles. The molecule has 2 rings (SSSR count). The summed E-state index contributed by atoms with van der Waals surface area (Å²) in [5.74, 6) is 1.57. The van der Waals surface area contributed by atoms with Crippen LogP contribution in [0.4, 0.5) is 11.6 Å². The highest BCUT2D eigenvalue weighted by Gasteiger charge is 2.09. The average molecular weight is 288 g/mol. The van der Waals surface area contributed by atoms with E-state index < -0.39 is 0 Å². The van der Waals surface area contributed by atoms with Crippen LogP contribution in [0, 0.1) is 6.92 Å². The van der Waals surface area contributed by atoms with E-state index in [1.54, 1.807) is 31.3 Å². The summed E-state index contributed by atoms with van der Waals surface area (Å²) in [6.07, 6.45) is 5.05. The van der Waals surface area contributed by atoms with Gasteiger partial charge < -0.3 is 15.2 Å². The van der Waals surface area contributed by atoms with Crippen LogP contribution in [0.2, 0.25) is 0 Å². The molecule has 0 radical (unpaired) electrons. The lowest BCUT2D eigenvalue weighted by atomic mass is 10.2. The zero-order chi connectivity index (χ0) is 15.1. The molecule has 0 bridgehead atoms. The summed E-state index contributed by atoms with van der Waals surface area (Å²) in [5, 5.41) is 9.60. The molecule has 21 heavy (non-hydrogen) atoms. The van der Waals surface area contributed by atoms with E-state index in [9.17, 15) is 4.79 Å². The Morgan fingerprint density at radius 1 is 1.29 bits per heavy atom. The van der Waals surface area contributed by atoms with Crippen molar-refractivity contribution in [1.29, 1.82) is 0 Å². The van der Waals surface area contributed by atoms with Crippen LogP contribution in [0.15, 0.2) is 28.9 Å². The third-order valence-corrected chi connectivity index (χ3v) is 2.98. The second-order valence-corrected chi connectivity index (χ2v) is 4.84. The van der Waals surface area contributed by atoms with Crippen molar-refractivity contribution in [1.82, 2.24) is 10.1 Å². The number of nitrogens with one attached hydrogen (secondary N) is 2. The Labute approximate surface area is 123 Å². The van der Waals surface area contributed by atoms with Crippen LogP contribution in [0.3, 0.4) is 0 Å². The van der Waals surface area contributed by atoms with E-state index in [-0.39, 0.29) is 5.91 Å². The molecular weight excluding hydrogens is 268 g/mol. The molecule has 0 saturated heterocycles. The molecule has 0 unspecified atom stereocenters. The predicted octanol–water partition coefficient (Wildman–Crippen LogP) is 3.23. The summed E-state index contributed by atoms with van der Waals surface area (Å²) in [6, 6.07) is 5.20. The van der Waals surface area contributed by atoms with Crippen LogP contribution in [-0.2, 0) is 0 Å². The fraction of sp³-hybridized carbons (Fsp3) is 0.400. The monoisotopic (exact) mass is 288 g/mol. The van der Waals surface area contributed by atoms with Gasteiger partial charge in [-0.15, -0.1) is 0 Å². The molecule has 2 aromatic heterocycles. The summed E-state index contributed by atoms with van der Waals surface area (Å²) in [4.78, 5) is 16.2. The van der Waals surface area contributed by atoms with Crippen LogP contribution in [-0.4, -0.2) is 22.6 Å². The van der Waals surface area contributed by atoms with Gasteiger partial charge in [-0.1, -0.05) is 24.9 Å². The Bertz CT molecular complexity index is 578. The first-order chi connectivity index (χ1) is 10.2. The average Bonchev–Trinajstić information content (AvgIpc) is 2.89. The quantitative estimate of drug-likeness (QED) is 0.764. The number of unbranched alkanes of at least 4 members (excludes halogenated alkanes) is 2. The minimum atomic E-state index is -0.256. The van der Waals surface area contributed by atoms with Crippen LogP contribution in [0.1, 0.15) is 42.3 Å². The second-order valence-electron chi connectivity index (χ2n) is 4.84. The molecule has 1 amide bonds. The molecule has 6 nitrogen and oxygen atoms in total. The normalized spacial score (nSPS) is 10.4. The zero-order valence-electron chi connectivity index (χ0n) is 12.3. The van der Waals surface area contributed by atoms with Crippen LogP contribution in [0.25, 0.3) is 0 Å². The number of rotatable bonds is 7. The van der Waals surface area contributed by atoms with Crippen molar-refractivity contribution in [2.45, 2.75) is 33.1 Å². The van der Waals surface area contributed by atoms with Gasteiger partial charge in [0, 0.05) is 18.8 Å². The molecule has 2 heterocycles. The van der Waals surface area contributed by atoms with Gasteiger partial charge in [0.2, 0.25) is 0 Å². The predicted molar refractivity (Wildman–Crippen MR) is 81.4 cm³/mol. The molecule has 0 atom stereocenters. The third-order valence-electron chi connectivity index (χ3n) is 2.98. The van der Waals surface area contributed by atoms with Crippen molar-refractivity contribution >= 4 is 17.5 Å². The van der Waals surface area contributed by atoms with Crippen LogP contribution < -0.4 is 10.6 Å². The van der Waals surface area contributed by atoms with E-state index in [0.717, 1.165) is 18.8 Å². The lowest BCUT2D eigenvalue weighted by Gasteiger charge is -2.06. The molecule has 0 aliphatic heterocycles. The highest BCUT2D eigenvalue weighted by Crippen LogP contribution is 2.11. The first-order valence-corrected chi connectivity index (χ1v) is 7.13. The smallest absolute Gasteiger partial charge is 0.258 e. The Morgan fingerprint density at radius 2 is 2.14 bits per heavy atom. The number of nitrogens with zero attached hydrogens (tertiary/aromatic N) is 2. The van der Waals surface area contributed by atoms with Gasteiger partial charge in [0.1, 0.15) is 11.6 Å². The summed E-state index contributed by atoms with van der Waals surface area (Å²) >= 11 is 0. The van der Waals surface area contributed by atoms with Gasteiger partial charge in [0.25, 0.3) is 5.91 Å². The van der Waals surface area contributed by atoms with E-state index >= 15 is 0 Å². The molecule has 6 heteroatoms. The Hall–Kier alpha value is -2.37. The van der Waals surface area contributed by atoms with E-state index in [2.05, 4.69) is 27.7 Å². The number of pyridine rings is 1. The van der Waals surface area contributed by atoms with E-state index in [4.69, 9.17) is 4.52 Å². The highest BCUT2D eigenvalue weighted by atomic mass is 16.5. The van der Waals surface area contributed by atoms with Crippen molar-refractivity contribution in [2.75, 3.05) is 17.2 Å². The van der Waals surface area contributed by atoms with Gasteiger partial charge in [0.05, 0.1) is 5.56 Å². The third kappa shape index (κ3) is 4.59. The lowest BCUT2D eigenvalue weighted by Crippen LogP contribution is -2.13. The summed E-state index contributed by atoms with van der Waals surface area (Å²) in [7, 11) is 0. The minimum Gasteiger partial charge on any atom is -0.370 e. The molecule has 112 valence electrons. The van der Waals surface area contributed by atoms with Crippen molar-refractivity contribution in [3.63, 3.8) is 0 Å². The lowest BCUT2D eigenvalue weighted by molar-refractivity contribution is 0.102. The highest BCUT2D eigenvalue weighted by molar-refractivity contribution is 6.03. The number of aryl methyl sites for hydroxylation is 1. The van der Waals surface area contributed by atoms with E-state index in [1.165, 1.54) is 12.8 Å². The van der Waals surface area contributed by atoms with Crippen LogP contribution in [0.5, 0.6) is 0 Å². The van der Waals surface area contributed by atoms with Crippen molar-refractivity contribution in [3.8, 4) is 0 Å². The summed E-state index contributed by atoms with van der Waals surface area (Å²) < 4.78 is 4.89. The number of anilines is 2. The van der Waals surface area contributed by atoms with Crippen molar-refractivity contribution < 1.29 is 9.32 Å². The number of carbonyl (C=O) groups excluding carboxylic acids is 1. The molecule has 0 aromatic carbocycles. The molecular formula is C15H20N4O2. The first kappa shape index (κ1) is 15.0. The van der Waals surface area contributed by atoms with Crippen molar-refractivity contribution in [3.05, 3.63) is 35.7 Å². The Balaban J connectivity index is 1.87. The SMILES string of the molecule is CCCCCNc1ccc(C(=O)Nc2cc(C)on2)cn1. The molecule has 0 spiro atoms. The van der Waals surface area contributed by atoms with E-state index in [1.807, 2.05) is 0 Å². The second kappa shape index (κ2) is 7.42. The molecule has 0 fully saturated rings. The molecule has 2 aromatic rings. The number of amides is 1. The topological polar surface area (TPSA) is 80.0 Å². The molecule has 0 aliphatic rings. The van der Waals surface area contributed by atoms with Gasteiger partial charge in [0.15, 0.2) is 5.82 Å². The van der Waals surface area contributed by atoms with Gasteiger partial charge in [-0.3, -0.25) is 4.79 Å². The summed E-state index contributed by atoms with van der Waals surface area (Å²) in [5.41, 5.74) is 0.481. The Kier molecular flexibility index (Phi) is 5.31. The fourth-order valence-corrected chi connectivity index (χ4v) is 1.84. The largest absolute Gasteiger partial charge is 0.370 e.